The first-order valence-corrected chi connectivity index (χ1v) is 10.3. The molecule has 1 aliphatic heterocycles. The van der Waals surface area contributed by atoms with Gasteiger partial charge in [0.2, 0.25) is 11.8 Å². The monoisotopic (exact) mass is 406 g/mol. The summed E-state index contributed by atoms with van der Waals surface area (Å²) in [5.74, 6) is -1.07. The van der Waals surface area contributed by atoms with Crippen LogP contribution in [0.2, 0.25) is 0 Å². The number of amides is 2. The van der Waals surface area contributed by atoms with E-state index in [1.54, 1.807) is 6.92 Å². The van der Waals surface area contributed by atoms with E-state index in [4.69, 9.17) is 0 Å². The van der Waals surface area contributed by atoms with Gasteiger partial charge >= 0.3 is 6.18 Å². The molecule has 2 amide bonds. The van der Waals surface area contributed by atoms with Crippen molar-refractivity contribution in [1.82, 2.24) is 10.2 Å². The molecule has 150 valence electrons. The van der Waals surface area contributed by atoms with E-state index >= 15 is 0 Å². The number of benzene rings is 1. The van der Waals surface area contributed by atoms with E-state index in [9.17, 15) is 31.2 Å². The highest BCUT2D eigenvalue weighted by Gasteiger charge is 2.31. The molecule has 1 unspecified atom stereocenters. The number of likely N-dealkylation sites (N-methyl/N-ethyl adjacent to an activating group) is 1. The molecule has 0 aliphatic carbocycles. The van der Waals surface area contributed by atoms with Crippen molar-refractivity contribution < 1.29 is 31.2 Å². The van der Waals surface area contributed by atoms with Crippen LogP contribution < -0.4 is 5.32 Å². The largest absolute Gasteiger partial charge is 0.416 e. The molecule has 0 saturated carbocycles. The van der Waals surface area contributed by atoms with Crippen molar-refractivity contribution >= 4 is 21.7 Å². The van der Waals surface area contributed by atoms with Gasteiger partial charge < -0.3 is 10.2 Å². The summed E-state index contributed by atoms with van der Waals surface area (Å²) >= 11 is 0. The molecule has 0 aromatic heterocycles. The predicted molar refractivity (Wildman–Crippen MR) is 92.6 cm³/mol. The zero-order valence-corrected chi connectivity index (χ0v) is 15.6. The van der Waals surface area contributed by atoms with Crippen molar-refractivity contribution in [3.8, 4) is 0 Å². The van der Waals surface area contributed by atoms with Crippen LogP contribution in [0, 0.1) is 0 Å². The van der Waals surface area contributed by atoms with Crippen LogP contribution in [0.4, 0.5) is 13.2 Å². The molecule has 0 bridgehead atoms. The summed E-state index contributed by atoms with van der Waals surface area (Å²) in [6.45, 7) is 1.58. The molecule has 0 radical (unpaired) electrons. The molecule has 1 heterocycles. The van der Waals surface area contributed by atoms with Gasteiger partial charge in [-0.25, -0.2) is 8.42 Å². The van der Waals surface area contributed by atoms with E-state index in [0.717, 1.165) is 12.1 Å². The Balaban J connectivity index is 1.94. The third-order valence-electron chi connectivity index (χ3n) is 4.28. The second-order valence-corrected chi connectivity index (χ2v) is 8.68. The third-order valence-corrected chi connectivity index (χ3v) is 6.04. The number of hydrogen-bond acceptors (Lipinski definition) is 4. The molecular weight excluding hydrogens is 385 g/mol. The van der Waals surface area contributed by atoms with Crippen molar-refractivity contribution in [3.63, 3.8) is 0 Å². The van der Waals surface area contributed by atoms with Crippen LogP contribution in [0.5, 0.6) is 0 Å². The first-order valence-electron chi connectivity index (χ1n) is 8.44. The highest BCUT2D eigenvalue weighted by atomic mass is 32.2. The standard InChI is InChI=1S/C17H21F3N2O4S/c1-2-22(10-15(23)21-14-6-7-27(25,26)11-14)16(24)9-12-4-3-5-13(8-12)17(18,19)20/h3-5,8,14H,2,6-7,9-11H2,1H3,(H,21,23). The summed E-state index contributed by atoms with van der Waals surface area (Å²) in [6.07, 6.45) is -4.42. The number of alkyl halides is 3. The van der Waals surface area contributed by atoms with E-state index < -0.39 is 39.4 Å². The van der Waals surface area contributed by atoms with Gasteiger partial charge in [0.1, 0.15) is 0 Å². The molecule has 1 aromatic rings. The maximum Gasteiger partial charge on any atom is 0.416 e. The molecule has 1 N–H and O–H groups in total. The molecule has 1 aromatic carbocycles. The van der Waals surface area contributed by atoms with Gasteiger partial charge in [-0.2, -0.15) is 13.2 Å². The normalized spacial score (nSPS) is 18.9. The maximum absolute atomic E-state index is 12.8. The molecule has 1 atom stereocenters. The Morgan fingerprint density at radius 2 is 2.00 bits per heavy atom. The smallest absolute Gasteiger partial charge is 0.351 e. The third kappa shape index (κ3) is 6.23. The molecule has 6 nitrogen and oxygen atoms in total. The first-order chi connectivity index (χ1) is 12.5. The average molecular weight is 406 g/mol. The first kappa shape index (κ1) is 21.2. The van der Waals surface area contributed by atoms with Gasteiger partial charge in [-0.15, -0.1) is 0 Å². The Bertz CT molecular complexity index is 809. The lowest BCUT2D eigenvalue weighted by molar-refractivity contribution is -0.138. The second kappa shape index (κ2) is 8.28. The Labute approximate surface area is 155 Å². The topological polar surface area (TPSA) is 83.6 Å². The minimum Gasteiger partial charge on any atom is -0.351 e. The van der Waals surface area contributed by atoms with E-state index in [1.165, 1.54) is 17.0 Å². The number of sulfone groups is 1. The SMILES string of the molecule is CCN(CC(=O)NC1CCS(=O)(=O)C1)C(=O)Cc1cccc(C(F)(F)F)c1. The minimum atomic E-state index is -4.50. The summed E-state index contributed by atoms with van der Waals surface area (Å²) in [5.41, 5.74) is -0.633. The van der Waals surface area contributed by atoms with Gasteiger partial charge in [0, 0.05) is 12.6 Å². The molecule has 2 rings (SSSR count). The number of halogens is 3. The minimum absolute atomic E-state index is 0.0178. The van der Waals surface area contributed by atoms with Crippen LogP contribution in [-0.4, -0.2) is 55.8 Å². The second-order valence-electron chi connectivity index (χ2n) is 6.45. The molecule has 27 heavy (non-hydrogen) atoms. The van der Waals surface area contributed by atoms with Gasteiger partial charge in [-0.3, -0.25) is 9.59 Å². The zero-order chi connectivity index (χ0) is 20.2. The van der Waals surface area contributed by atoms with E-state index in [-0.39, 0.29) is 36.6 Å². The van der Waals surface area contributed by atoms with Crippen LogP contribution in [0.3, 0.4) is 0 Å². The van der Waals surface area contributed by atoms with Crippen LogP contribution >= 0.6 is 0 Å². The van der Waals surface area contributed by atoms with Crippen molar-refractivity contribution in [2.75, 3.05) is 24.6 Å². The fourth-order valence-electron chi connectivity index (χ4n) is 2.88. The molecule has 10 heteroatoms. The number of carbonyl (C=O) groups excluding carboxylic acids is 2. The maximum atomic E-state index is 12.8. The molecule has 1 aliphatic rings. The molecule has 1 fully saturated rings. The average Bonchev–Trinajstić information content (AvgIpc) is 2.90. The van der Waals surface area contributed by atoms with Crippen LogP contribution in [0.1, 0.15) is 24.5 Å². The number of hydrogen-bond donors (Lipinski definition) is 1. The highest BCUT2D eigenvalue weighted by Crippen LogP contribution is 2.29. The predicted octanol–water partition coefficient (Wildman–Crippen LogP) is 1.40. The van der Waals surface area contributed by atoms with Gasteiger partial charge in [-0.1, -0.05) is 18.2 Å². The summed E-state index contributed by atoms with van der Waals surface area (Å²) in [5, 5.41) is 2.59. The summed E-state index contributed by atoms with van der Waals surface area (Å²) < 4.78 is 61.1. The Hall–Kier alpha value is -2.10. The van der Waals surface area contributed by atoms with Crippen molar-refractivity contribution in [2.24, 2.45) is 0 Å². The highest BCUT2D eigenvalue weighted by molar-refractivity contribution is 7.91. The molecule has 1 saturated heterocycles. The van der Waals surface area contributed by atoms with Crippen LogP contribution in [-0.2, 0) is 32.0 Å². The Morgan fingerprint density at radius 3 is 2.56 bits per heavy atom. The number of nitrogens with zero attached hydrogens (tertiary/aromatic N) is 1. The van der Waals surface area contributed by atoms with Gasteiger partial charge in [0.05, 0.1) is 30.0 Å². The Kier molecular flexibility index (Phi) is 6.50. The van der Waals surface area contributed by atoms with E-state index in [1.807, 2.05) is 0 Å². The molecule has 0 spiro atoms. The van der Waals surface area contributed by atoms with Gasteiger partial charge in [0.25, 0.3) is 0 Å². The lowest BCUT2D eigenvalue weighted by Crippen LogP contribution is -2.45. The fourth-order valence-corrected chi connectivity index (χ4v) is 4.55. The summed E-state index contributed by atoms with van der Waals surface area (Å²) in [6, 6.07) is 4.02. The fraction of sp³-hybridized carbons (Fsp3) is 0.529. The lowest BCUT2D eigenvalue weighted by Gasteiger charge is -2.22. The van der Waals surface area contributed by atoms with Gasteiger partial charge in [0.15, 0.2) is 9.84 Å². The van der Waals surface area contributed by atoms with Crippen molar-refractivity contribution in [2.45, 2.75) is 32.0 Å². The van der Waals surface area contributed by atoms with E-state index in [0.29, 0.717) is 6.42 Å². The van der Waals surface area contributed by atoms with Gasteiger partial charge in [-0.05, 0) is 25.0 Å². The zero-order valence-electron chi connectivity index (χ0n) is 14.8. The van der Waals surface area contributed by atoms with E-state index in [2.05, 4.69) is 5.32 Å². The van der Waals surface area contributed by atoms with Crippen LogP contribution in [0.25, 0.3) is 0 Å². The molecular formula is C17H21F3N2O4S. The number of rotatable bonds is 6. The number of carbonyl (C=O) groups is 2. The lowest BCUT2D eigenvalue weighted by atomic mass is 10.1. The number of nitrogens with one attached hydrogen (secondary N) is 1. The summed E-state index contributed by atoms with van der Waals surface area (Å²) in [7, 11) is -3.14. The Morgan fingerprint density at radius 1 is 1.30 bits per heavy atom. The van der Waals surface area contributed by atoms with Crippen molar-refractivity contribution in [3.05, 3.63) is 35.4 Å². The van der Waals surface area contributed by atoms with Crippen molar-refractivity contribution in [1.29, 1.82) is 0 Å². The van der Waals surface area contributed by atoms with Crippen LogP contribution in [0.15, 0.2) is 24.3 Å². The summed E-state index contributed by atoms with van der Waals surface area (Å²) in [4.78, 5) is 25.6. The quantitative estimate of drug-likeness (QED) is 0.774.